The summed E-state index contributed by atoms with van der Waals surface area (Å²) in [4.78, 5) is 25.1. The number of urea groups is 1. The molecular formula is C28H31N3O5. The maximum absolute atomic E-state index is 12.6. The summed E-state index contributed by atoms with van der Waals surface area (Å²) in [5, 5.41) is 18.4. The van der Waals surface area contributed by atoms with Crippen molar-refractivity contribution in [3.63, 3.8) is 0 Å². The van der Waals surface area contributed by atoms with Crippen LogP contribution in [0.25, 0.3) is 11.1 Å². The van der Waals surface area contributed by atoms with Crippen molar-refractivity contribution in [2.45, 2.75) is 37.5 Å². The van der Waals surface area contributed by atoms with Gasteiger partial charge >= 0.3 is 6.03 Å². The number of nitrogens with one attached hydrogen (secondary N) is 3. The third-order valence-corrected chi connectivity index (χ3v) is 6.13. The number of carbonyl (C=O) groups excluding carboxylic acids is 2. The van der Waals surface area contributed by atoms with Gasteiger partial charge in [0.1, 0.15) is 11.9 Å². The Kier molecular flexibility index (Phi) is 8.54. The van der Waals surface area contributed by atoms with Crippen molar-refractivity contribution in [2.24, 2.45) is 0 Å². The molecule has 8 nitrogen and oxygen atoms in total. The second kappa shape index (κ2) is 12.2. The van der Waals surface area contributed by atoms with Crippen molar-refractivity contribution in [3.05, 3.63) is 78.9 Å². The number of hydrogen-bond donors (Lipinski definition) is 4. The second-order valence-corrected chi connectivity index (χ2v) is 8.69. The fourth-order valence-electron chi connectivity index (χ4n) is 4.28. The SMILES string of the molecule is COc1cccc(NC(=O)N[C@H]2CC[C@H](CC(=O)Nc3ccc(-c4ccccc4)cc3)O[C@H]2CO)c1. The van der Waals surface area contributed by atoms with Crippen molar-refractivity contribution in [3.8, 4) is 16.9 Å². The van der Waals surface area contributed by atoms with Crippen molar-refractivity contribution in [2.75, 3.05) is 24.4 Å². The van der Waals surface area contributed by atoms with Crippen LogP contribution in [0.15, 0.2) is 78.9 Å². The summed E-state index contributed by atoms with van der Waals surface area (Å²) in [6.45, 7) is -0.261. The highest BCUT2D eigenvalue weighted by molar-refractivity contribution is 5.91. The lowest BCUT2D eigenvalue weighted by Gasteiger charge is -2.35. The summed E-state index contributed by atoms with van der Waals surface area (Å²) >= 11 is 0. The summed E-state index contributed by atoms with van der Waals surface area (Å²) in [5.41, 5.74) is 3.49. The highest BCUT2D eigenvalue weighted by Gasteiger charge is 2.33. The van der Waals surface area contributed by atoms with Crippen LogP contribution in [0.3, 0.4) is 0 Å². The van der Waals surface area contributed by atoms with Crippen molar-refractivity contribution >= 4 is 23.3 Å². The zero-order valence-corrected chi connectivity index (χ0v) is 20.1. The van der Waals surface area contributed by atoms with E-state index < -0.39 is 12.1 Å². The van der Waals surface area contributed by atoms with Crippen LogP contribution in [-0.4, -0.2) is 49.0 Å². The van der Waals surface area contributed by atoms with E-state index in [4.69, 9.17) is 9.47 Å². The van der Waals surface area contributed by atoms with E-state index in [0.717, 1.165) is 11.1 Å². The zero-order chi connectivity index (χ0) is 25.3. The van der Waals surface area contributed by atoms with Gasteiger partial charge in [-0.15, -0.1) is 0 Å². The number of amides is 3. The molecule has 1 saturated heterocycles. The number of hydrogen-bond acceptors (Lipinski definition) is 5. The van der Waals surface area contributed by atoms with E-state index in [-0.39, 0.29) is 31.1 Å². The molecule has 1 fully saturated rings. The Balaban J connectivity index is 1.25. The molecule has 4 rings (SSSR count). The van der Waals surface area contributed by atoms with Gasteiger partial charge in [-0.2, -0.15) is 0 Å². The second-order valence-electron chi connectivity index (χ2n) is 8.69. The topological polar surface area (TPSA) is 109 Å². The number of anilines is 2. The Morgan fingerprint density at radius 3 is 2.39 bits per heavy atom. The third-order valence-electron chi connectivity index (χ3n) is 6.13. The van der Waals surface area contributed by atoms with Gasteiger partial charge in [0, 0.05) is 17.4 Å². The van der Waals surface area contributed by atoms with Crippen LogP contribution >= 0.6 is 0 Å². The van der Waals surface area contributed by atoms with E-state index in [2.05, 4.69) is 16.0 Å². The molecule has 1 aliphatic heterocycles. The zero-order valence-electron chi connectivity index (χ0n) is 20.1. The molecule has 0 bridgehead atoms. The number of benzene rings is 3. The number of aliphatic hydroxyl groups excluding tert-OH is 1. The number of methoxy groups -OCH3 is 1. The molecule has 0 aromatic heterocycles. The smallest absolute Gasteiger partial charge is 0.319 e. The summed E-state index contributed by atoms with van der Waals surface area (Å²) in [6, 6.07) is 24.0. The molecule has 3 aromatic carbocycles. The van der Waals surface area contributed by atoms with E-state index in [1.807, 2.05) is 54.6 Å². The van der Waals surface area contributed by atoms with Gasteiger partial charge in [-0.1, -0.05) is 48.5 Å². The molecule has 0 saturated carbocycles. The quantitative estimate of drug-likeness (QED) is 0.375. The van der Waals surface area contributed by atoms with Crippen LogP contribution in [0.2, 0.25) is 0 Å². The molecule has 4 N–H and O–H groups in total. The summed E-state index contributed by atoms with van der Waals surface area (Å²) in [5.74, 6) is 0.474. The number of carbonyl (C=O) groups is 2. The van der Waals surface area contributed by atoms with Gasteiger partial charge in [-0.25, -0.2) is 4.79 Å². The average molecular weight is 490 g/mol. The predicted octanol–water partition coefficient (Wildman–Crippen LogP) is 4.42. The Morgan fingerprint density at radius 2 is 1.67 bits per heavy atom. The Labute approximate surface area is 210 Å². The van der Waals surface area contributed by atoms with Gasteiger partial charge in [0.2, 0.25) is 5.91 Å². The number of aliphatic hydroxyl groups is 1. The van der Waals surface area contributed by atoms with Gasteiger partial charge in [0.05, 0.1) is 32.3 Å². The lowest BCUT2D eigenvalue weighted by atomic mass is 9.97. The molecule has 3 aromatic rings. The maximum atomic E-state index is 12.6. The third kappa shape index (κ3) is 6.84. The Morgan fingerprint density at radius 1 is 0.917 bits per heavy atom. The monoisotopic (exact) mass is 489 g/mol. The minimum atomic E-state index is -0.599. The fraction of sp³-hybridized carbons (Fsp3) is 0.286. The molecule has 0 unspecified atom stereocenters. The van der Waals surface area contributed by atoms with Gasteiger partial charge in [-0.3, -0.25) is 4.79 Å². The first-order chi connectivity index (χ1) is 17.5. The van der Waals surface area contributed by atoms with Crippen LogP contribution in [0, 0.1) is 0 Å². The predicted molar refractivity (Wildman–Crippen MR) is 139 cm³/mol. The van der Waals surface area contributed by atoms with Gasteiger partial charge in [-0.05, 0) is 48.2 Å². The molecule has 1 aliphatic rings. The molecular weight excluding hydrogens is 458 g/mol. The molecule has 36 heavy (non-hydrogen) atoms. The van der Waals surface area contributed by atoms with Crippen LogP contribution < -0.4 is 20.7 Å². The summed E-state index contributed by atoms with van der Waals surface area (Å²) in [6.07, 6.45) is 0.393. The minimum Gasteiger partial charge on any atom is -0.497 e. The number of rotatable bonds is 8. The molecule has 0 aliphatic carbocycles. The van der Waals surface area contributed by atoms with Crippen molar-refractivity contribution in [1.82, 2.24) is 5.32 Å². The number of ether oxygens (including phenoxy) is 2. The first kappa shape index (κ1) is 25.2. The van der Waals surface area contributed by atoms with Crippen molar-refractivity contribution < 1.29 is 24.2 Å². The highest BCUT2D eigenvalue weighted by atomic mass is 16.5. The van der Waals surface area contributed by atoms with Crippen LogP contribution in [0.5, 0.6) is 5.75 Å². The van der Waals surface area contributed by atoms with Crippen LogP contribution in [-0.2, 0) is 9.53 Å². The van der Waals surface area contributed by atoms with E-state index in [0.29, 0.717) is 30.0 Å². The largest absolute Gasteiger partial charge is 0.497 e. The average Bonchev–Trinajstić information content (AvgIpc) is 2.90. The van der Waals surface area contributed by atoms with Crippen molar-refractivity contribution in [1.29, 1.82) is 0 Å². The Bertz CT molecular complexity index is 1150. The van der Waals surface area contributed by atoms with E-state index in [9.17, 15) is 14.7 Å². The van der Waals surface area contributed by atoms with E-state index in [1.54, 1.807) is 31.4 Å². The molecule has 1 heterocycles. The van der Waals surface area contributed by atoms with Gasteiger partial charge in [0.15, 0.2) is 0 Å². The summed E-state index contributed by atoms with van der Waals surface area (Å²) in [7, 11) is 1.56. The molecule has 0 radical (unpaired) electrons. The van der Waals surface area contributed by atoms with Crippen LogP contribution in [0.1, 0.15) is 19.3 Å². The van der Waals surface area contributed by atoms with E-state index >= 15 is 0 Å². The highest BCUT2D eigenvalue weighted by Crippen LogP contribution is 2.24. The lowest BCUT2D eigenvalue weighted by Crippen LogP contribution is -2.52. The summed E-state index contributed by atoms with van der Waals surface area (Å²) < 4.78 is 11.1. The first-order valence-electron chi connectivity index (χ1n) is 12.0. The molecule has 188 valence electrons. The maximum Gasteiger partial charge on any atom is 0.319 e. The Hall–Kier alpha value is -3.88. The minimum absolute atomic E-state index is 0.161. The van der Waals surface area contributed by atoms with Crippen LogP contribution in [0.4, 0.5) is 16.2 Å². The van der Waals surface area contributed by atoms with E-state index in [1.165, 1.54) is 0 Å². The molecule has 3 atom stereocenters. The molecule has 8 heteroatoms. The molecule has 3 amide bonds. The lowest BCUT2D eigenvalue weighted by molar-refractivity contribution is -0.126. The normalized spacial score (nSPS) is 19.2. The standard InChI is InChI=1S/C28H31N3O5/c1-35-23-9-5-8-22(16-23)30-28(34)31-25-15-14-24(36-26(25)18-32)17-27(33)29-21-12-10-20(11-13-21)19-6-3-2-4-7-19/h2-13,16,24-26,32H,14-15,17-18H2,1H3,(H,29,33)(H2,30,31,34)/t24-,25+,26+/m1/s1. The first-order valence-corrected chi connectivity index (χ1v) is 12.0. The fourth-order valence-corrected chi connectivity index (χ4v) is 4.28. The van der Waals surface area contributed by atoms with Gasteiger partial charge in [0.25, 0.3) is 0 Å². The molecule has 0 spiro atoms. The van der Waals surface area contributed by atoms with Gasteiger partial charge < -0.3 is 30.5 Å².